The van der Waals surface area contributed by atoms with E-state index >= 15 is 0 Å². The van der Waals surface area contributed by atoms with Crippen molar-refractivity contribution in [2.45, 2.75) is 38.1 Å². The monoisotopic (exact) mass is 516 g/mol. The van der Waals surface area contributed by atoms with Crippen molar-refractivity contribution >= 4 is 40.0 Å². The van der Waals surface area contributed by atoms with E-state index in [9.17, 15) is 8.42 Å². The summed E-state index contributed by atoms with van der Waals surface area (Å²) >= 11 is 0. The largest absolute Gasteiger partial charge is 0.357 e. The van der Waals surface area contributed by atoms with E-state index in [-0.39, 0.29) is 28.9 Å². The molecule has 0 aliphatic rings. The van der Waals surface area contributed by atoms with Gasteiger partial charge in [-0.15, -0.1) is 24.0 Å². The van der Waals surface area contributed by atoms with Gasteiger partial charge >= 0.3 is 0 Å². The minimum absolute atomic E-state index is 0. The van der Waals surface area contributed by atoms with Crippen molar-refractivity contribution < 1.29 is 8.42 Å². The van der Waals surface area contributed by atoms with Gasteiger partial charge in [0, 0.05) is 13.1 Å². The predicted octanol–water partition coefficient (Wildman–Crippen LogP) is 3.12. The normalized spacial score (nSPS) is 12.8. The Morgan fingerprint density at radius 2 is 1.82 bits per heavy atom. The number of hydrogen-bond donors (Lipinski definition) is 3. The zero-order valence-electron chi connectivity index (χ0n) is 16.5. The summed E-state index contributed by atoms with van der Waals surface area (Å²) in [6, 6.07) is 15.1. The zero-order valence-corrected chi connectivity index (χ0v) is 19.6. The molecule has 4 N–H and O–H groups in total. The highest BCUT2D eigenvalue weighted by molar-refractivity contribution is 14.0. The topological polar surface area (TPSA) is 96.6 Å². The molecule has 0 heterocycles. The highest BCUT2D eigenvalue weighted by atomic mass is 127. The van der Waals surface area contributed by atoms with Crippen molar-refractivity contribution in [3.63, 3.8) is 0 Å². The van der Waals surface area contributed by atoms with Crippen LogP contribution in [0.25, 0.3) is 0 Å². The molecule has 154 valence electrons. The van der Waals surface area contributed by atoms with E-state index in [0.29, 0.717) is 18.4 Å². The van der Waals surface area contributed by atoms with Crippen LogP contribution < -0.4 is 15.8 Å². The Labute approximate surface area is 185 Å². The number of guanidine groups is 1. The van der Waals surface area contributed by atoms with Gasteiger partial charge < -0.3 is 10.6 Å². The molecule has 0 bridgehead atoms. The molecule has 6 nitrogen and oxygen atoms in total. The third-order valence-electron chi connectivity index (χ3n) is 4.21. The Bertz CT molecular complexity index is 883. The third kappa shape index (κ3) is 7.76. The maximum Gasteiger partial charge on any atom is 0.238 e. The minimum Gasteiger partial charge on any atom is -0.357 e. The Morgan fingerprint density at radius 1 is 1.14 bits per heavy atom. The number of aliphatic imine (C=N–C) groups is 1. The molecule has 8 heteroatoms. The van der Waals surface area contributed by atoms with E-state index in [4.69, 9.17) is 5.14 Å². The molecule has 1 unspecified atom stereocenters. The average molecular weight is 516 g/mol. The standard InChI is InChI=1S/C20H28N4O2S.HI/c1-4-22-20(23-13-16(3)18-10-8-15(2)9-11-18)24-14-17-6-5-7-19(12-17)27(21,25)26;/h5-12,16H,4,13-14H2,1-3H3,(H2,21,25,26)(H2,22,23,24);1H. The predicted molar refractivity (Wildman–Crippen MR) is 126 cm³/mol. The first-order chi connectivity index (χ1) is 12.8. The molecule has 2 aromatic carbocycles. The quantitative estimate of drug-likeness (QED) is 0.299. The fourth-order valence-corrected chi connectivity index (χ4v) is 3.18. The van der Waals surface area contributed by atoms with Crippen LogP contribution in [0.3, 0.4) is 0 Å². The second kappa shape index (κ2) is 11.4. The summed E-state index contributed by atoms with van der Waals surface area (Å²) in [6.45, 7) is 8.08. The van der Waals surface area contributed by atoms with Gasteiger partial charge in [-0.05, 0) is 43.0 Å². The lowest BCUT2D eigenvalue weighted by molar-refractivity contribution is 0.597. The third-order valence-corrected chi connectivity index (χ3v) is 5.12. The fraction of sp³-hybridized carbons (Fsp3) is 0.350. The Kier molecular flexibility index (Phi) is 9.91. The van der Waals surface area contributed by atoms with E-state index in [1.54, 1.807) is 12.1 Å². The number of sulfonamides is 1. The van der Waals surface area contributed by atoms with Gasteiger partial charge in [0.15, 0.2) is 5.96 Å². The van der Waals surface area contributed by atoms with Crippen molar-refractivity contribution in [1.29, 1.82) is 0 Å². The van der Waals surface area contributed by atoms with Gasteiger partial charge in [0.2, 0.25) is 10.0 Å². The number of benzene rings is 2. The molecular formula is C20H29IN4O2S. The number of nitrogens with one attached hydrogen (secondary N) is 2. The van der Waals surface area contributed by atoms with Crippen LogP contribution in [0.4, 0.5) is 0 Å². The Hall–Kier alpha value is -1.65. The highest BCUT2D eigenvalue weighted by Gasteiger charge is 2.09. The average Bonchev–Trinajstić information content (AvgIpc) is 2.64. The van der Waals surface area contributed by atoms with E-state index in [1.165, 1.54) is 17.2 Å². The van der Waals surface area contributed by atoms with Crippen LogP contribution in [0.15, 0.2) is 58.4 Å². The van der Waals surface area contributed by atoms with Gasteiger partial charge in [0.25, 0.3) is 0 Å². The molecule has 0 saturated carbocycles. The van der Waals surface area contributed by atoms with Crippen LogP contribution in [-0.4, -0.2) is 27.5 Å². The van der Waals surface area contributed by atoms with Crippen molar-refractivity contribution in [2.24, 2.45) is 10.1 Å². The summed E-state index contributed by atoms with van der Waals surface area (Å²) in [5, 5.41) is 11.7. The molecule has 0 aliphatic carbocycles. The van der Waals surface area contributed by atoms with Crippen molar-refractivity contribution in [1.82, 2.24) is 10.6 Å². The molecule has 0 spiro atoms. The van der Waals surface area contributed by atoms with Crippen molar-refractivity contribution in [3.8, 4) is 0 Å². The summed E-state index contributed by atoms with van der Waals surface area (Å²) in [5.41, 5.74) is 3.30. The maximum absolute atomic E-state index is 11.5. The molecule has 0 aromatic heterocycles. The number of primary sulfonamides is 1. The molecule has 0 amide bonds. The van der Waals surface area contributed by atoms with Crippen LogP contribution in [0.5, 0.6) is 0 Å². The number of nitrogens with two attached hydrogens (primary N) is 1. The minimum atomic E-state index is -3.71. The number of rotatable bonds is 7. The molecule has 0 radical (unpaired) electrons. The van der Waals surface area contributed by atoms with Crippen LogP contribution in [0.1, 0.15) is 36.5 Å². The number of hydrogen-bond acceptors (Lipinski definition) is 3. The van der Waals surface area contributed by atoms with E-state index in [2.05, 4.69) is 53.7 Å². The molecule has 2 aromatic rings. The van der Waals surface area contributed by atoms with Gasteiger partial charge in [-0.2, -0.15) is 0 Å². The summed E-state index contributed by atoms with van der Waals surface area (Å²) in [4.78, 5) is 4.64. The smallest absolute Gasteiger partial charge is 0.238 e. The zero-order chi connectivity index (χ0) is 19.9. The number of halogens is 1. The molecule has 0 aliphatic heterocycles. The fourth-order valence-electron chi connectivity index (χ4n) is 2.60. The summed E-state index contributed by atoms with van der Waals surface area (Å²) in [7, 11) is -3.71. The van der Waals surface area contributed by atoms with Gasteiger partial charge in [-0.25, -0.2) is 18.5 Å². The van der Waals surface area contributed by atoms with E-state index in [0.717, 1.165) is 18.7 Å². The number of aryl methyl sites for hydroxylation is 1. The van der Waals surface area contributed by atoms with Crippen LogP contribution in [0, 0.1) is 6.92 Å². The van der Waals surface area contributed by atoms with Crippen molar-refractivity contribution in [2.75, 3.05) is 13.1 Å². The van der Waals surface area contributed by atoms with E-state index in [1.807, 2.05) is 13.0 Å². The Balaban J connectivity index is 0.00000392. The second-order valence-corrected chi connectivity index (χ2v) is 8.14. The SMILES string of the molecule is CCNC(=NCc1cccc(S(N)(=O)=O)c1)NCC(C)c1ccc(C)cc1.I. The summed E-state index contributed by atoms with van der Waals surface area (Å²) < 4.78 is 23.0. The van der Waals surface area contributed by atoms with Gasteiger partial charge in [-0.1, -0.05) is 48.9 Å². The maximum atomic E-state index is 11.5. The molecule has 0 fully saturated rings. The molecular weight excluding hydrogens is 487 g/mol. The first-order valence-corrected chi connectivity index (χ1v) is 10.5. The lowest BCUT2D eigenvalue weighted by Crippen LogP contribution is -2.39. The molecule has 0 saturated heterocycles. The first-order valence-electron chi connectivity index (χ1n) is 9.00. The molecule has 2 rings (SSSR count). The Morgan fingerprint density at radius 3 is 2.43 bits per heavy atom. The molecule has 1 atom stereocenters. The van der Waals surface area contributed by atoms with Gasteiger partial charge in [0.05, 0.1) is 11.4 Å². The van der Waals surface area contributed by atoms with E-state index < -0.39 is 10.0 Å². The lowest BCUT2D eigenvalue weighted by atomic mass is 10.0. The molecule has 28 heavy (non-hydrogen) atoms. The van der Waals surface area contributed by atoms with Crippen LogP contribution >= 0.6 is 24.0 Å². The van der Waals surface area contributed by atoms with Gasteiger partial charge in [-0.3, -0.25) is 0 Å². The first kappa shape index (κ1) is 24.4. The number of nitrogens with zero attached hydrogens (tertiary/aromatic N) is 1. The van der Waals surface area contributed by atoms with Gasteiger partial charge in [0.1, 0.15) is 0 Å². The highest BCUT2D eigenvalue weighted by Crippen LogP contribution is 2.15. The second-order valence-electron chi connectivity index (χ2n) is 6.58. The van der Waals surface area contributed by atoms with Crippen LogP contribution in [0.2, 0.25) is 0 Å². The van der Waals surface area contributed by atoms with Crippen molar-refractivity contribution in [3.05, 3.63) is 65.2 Å². The lowest BCUT2D eigenvalue weighted by Gasteiger charge is -2.16. The summed E-state index contributed by atoms with van der Waals surface area (Å²) in [5.74, 6) is 1.03. The summed E-state index contributed by atoms with van der Waals surface area (Å²) in [6.07, 6.45) is 0. The van der Waals surface area contributed by atoms with Crippen LogP contribution in [-0.2, 0) is 16.6 Å².